The Labute approximate surface area is 231 Å². The van der Waals surface area contributed by atoms with Crippen molar-refractivity contribution in [2.45, 2.75) is 64.9 Å². The summed E-state index contributed by atoms with van der Waals surface area (Å²) in [4.78, 5) is 25.0. The molecule has 212 valence electrons. The Morgan fingerprint density at radius 3 is 2.28 bits per heavy atom. The van der Waals surface area contributed by atoms with E-state index in [9.17, 15) is 14.7 Å². The molecule has 0 saturated heterocycles. The number of likely N-dealkylation sites (N-methyl/N-ethyl adjacent to an activating group) is 1. The van der Waals surface area contributed by atoms with Crippen molar-refractivity contribution in [3.05, 3.63) is 52.6 Å². The van der Waals surface area contributed by atoms with E-state index in [0.29, 0.717) is 44.0 Å². The van der Waals surface area contributed by atoms with E-state index < -0.39 is 12.1 Å². The SMILES string of the molecule is CCCc1c(OCCCOc2ccc3c(c2CCC)OC(C(=O)O)CC3)ccc(C=CC(=O)N(C)C)c1OC. The number of carboxylic acids is 1. The Balaban J connectivity index is 1.66. The van der Waals surface area contributed by atoms with E-state index in [-0.39, 0.29) is 5.91 Å². The third-order valence-corrected chi connectivity index (χ3v) is 6.61. The van der Waals surface area contributed by atoms with Gasteiger partial charge in [-0.3, -0.25) is 4.79 Å². The van der Waals surface area contributed by atoms with Crippen LogP contribution in [0.5, 0.6) is 23.0 Å². The van der Waals surface area contributed by atoms with Gasteiger partial charge in [0.25, 0.3) is 0 Å². The van der Waals surface area contributed by atoms with Crippen molar-refractivity contribution < 1.29 is 33.6 Å². The fourth-order valence-electron chi connectivity index (χ4n) is 4.64. The highest BCUT2D eigenvalue weighted by Gasteiger charge is 2.28. The molecule has 0 saturated carbocycles. The van der Waals surface area contributed by atoms with Crippen LogP contribution in [-0.4, -0.2) is 62.4 Å². The molecule has 0 aliphatic carbocycles. The van der Waals surface area contributed by atoms with E-state index >= 15 is 0 Å². The van der Waals surface area contributed by atoms with Crippen molar-refractivity contribution in [3.8, 4) is 23.0 Å². The van der Waals surface area contributed by atoms with Crippen LogP contribution in [0.4, 0.5) is 0 Å². The molecule has 1 heterocycles. The zero-order chi connectivity index (χ0) is 28.4. The molecule has 0 radical (unpaired) electrons. The summed E-state index contributed by atoms with van der Waals surface area (Å²) in [6, 6.07) is 7.77. The van der Waals surface area contributed by atoms with Gasteiger partial charge in [0.1, 0.15) is 23.0 Å². The molecule has 0 aromatic heterocycles. The van der Waals surface area contributed by atoms with Gasteiger partial charge in [0, 0.05) is 43.3 Å². The van der Waals surface area contributed by atoms with Crippen molar-refractivity contribution >= 4 is 18.0 Å². The van der Waals surface area contributed by atoms with Gasteiger partial charge in [0.05, 0.1) is 20.3 Å². The average Bonchev–Trinajstić information content (AvgIpc) is 2.92. The molecule has 1 aliphatic heterocycles. The van der Waals surface area contributed by atoms with Crippen LogP contribution >= 0.6 is 0 Å². The molecule has 8 heteroatoms. The molecular weight excluding hydrogens is 498 g/mol. The smallest absolute Gasteiger partial charge is 0.344 e. The average molecular weight is 540 g/mol. The molecule has 0 spiro atoms. The maximum Gasteiger partial charge on any atom is 0.344 e. The Morgan fingerprint density at radius 2 is 1.67 bits per heavy atom. The number of rotatable bonds is 14. The predicted molar refractivity (Wildman–Crippen MR) is 151 cm³/mol. The van der Waals surface area contributed by atoms with E-state index in [0.717, 1.165) is 59.4 Å². The summed E-state index contributed by atoms with van der Waals surface area (Å²) in [6.07, 6.45) is 7.65. The lowest BCUT2D eigenvalue weighted by Crippen LogP contribution is -2.31. The van der Waals surface area contributed by atoms with Gasteiger partial charge in [-0.15, -0.1) is 0 Å². The van der Waals surface area contributed by atoms with Gasteiger partial charge in [0.15, 0.2) is 6.10 Å². The molecule has 2 aromatic rings. The van der Waals surface area contributed by atoms with Crippen LogP contribution in [0.15, 0.2) is 30.3 Å². The predicted octanol–water partition coefficient (Wildman–Crippen LogP) is 5.33. The molecule has 1 atom stereocenters. The monoisotopic (exact) mass is 539 g/mol. The Kier molecular flexibility index (Phi) is 11.1. The lowest BCUT2D eigenvalue weighted by molar-refractivity contribution is -0.145. The van der Waals surface area contributed by atoms with Crippen LogP contribution in [0.2, 0.25) is 0 Å². The minimum Gasteiger partial charge on any atom is -0.496 e. The highest BCUT2D eigenvalue weighted by Crippen LogP contribution is 2.38. The summed E-state index contributed by atoms with van der Waals surface area (Å²) < 4.78 is 23.9. The van der Waals surface area contributed by atoms with Crippen molar-refractivity contribution in [2.75, 3.05) is 34.4 Å². The maximum absolute atomic E-state index is 12.0. The van der Waals surface area contributed by atoms with Gasteiger partial charge in [-0.2, -0.15) is 0 Å². The normalized spacial score (nSPS) is 14.4. The zero-order valence-electron chi connectivity index (χ0n) is 23.7. The van der Waals surface area contributed by atoms with Crippen molar-refractivity contribution in [1.82, 2.24) is 4.90 Å². The molecule has 2 aromatic carbocycles. The first kappa shape index (κ1) is 29.9. The number of aliphatic carboxylic acids is 1. The molecule has 1 N–H and O–H groups in total. The quantitative estimate of drug-likeness (QED) is 0.256. The van der Waals surface area contributed by atoms with Crippen LogP contribution in [0.1, 0.15) is 61.8 Å². The van der Waals surface area contributed by atoms with Crippen LogP contribution in [0.3, 0.4) is 0 Å². The number of amides is 1. The van der Waals surface area contributed by atoms with E-state index in [2.05, 4.69) is 13.8 Å². The molecular formula is C31H41NO7. The molecule has 8 nitrogen and oxygen atoms in total. The van der Waals surface area contributed by atoms with Crippen molar-refractivity contribution in [2.24, 2.45) is 0 Å². The van der Waals surface area contributed by atoms with Crippen LogP contribution in [-0.2, 0) is 28.9 Å². The summed E-state index contributed by atoms with van der Waals surface area (Å²) in [7, 11) is 5.06. The molecule has 1 unspecified atom stereocenters. The minimum atomic E-state index is -0.934. The fraction of sp³-hybridized carbons (Fsp3) is 0.484. The number of methoxy groups -OCH3 is 1. The second-order valence-corrected chi connectivity index (χ2v) is 9.80. The molecule has 0 bridgehead atoms. The minimum absolute atomic E-state index is 0.0938. The number of hydrogen-bond acceptors (Lipinski definition) is 6. The number of fused-ring (bicyclic) bond motifs is 1. The second kappa shape index (κ2) is 14.5. The lowest BCUT2D eigenvalue weighted by Gasteiger charge is -2.26. The van der Waals surface area contributed by atoms with Crippen molar-refractivity contribution in [3.63, 3.8) is 0 Å². The van der Waals surface area contributed by atoms with Gasteiger partial charge in [-0.05, 0) is 55.5 Å². The standard InChI is InChI=1S/C31H41NO7/c1-6-9-23-25(15-11-21(29(23)36-5)14-18-28(33)32(3)4)37-19-8-20-38-26-16-12-22-13-17-27(31(34)35)39-30(22)24(26)10-7-2/h11-12,14-16,18,27H,6-10,13,17,19-20H2,1-5H3,(H,34,35). The van der Waals surface area contributed by atoms with Crippen LogP contribution in [0, 0.1) is 0 Å². The Hall–Kier alpha value is -3.68. The van der Waals surface area contributed by atoms with Crippen molar-refractivity contribution in [1.29, 1.82) is 0 Å². The van der Waals surface area contributed by atoms with E-state index in [1.807, 2.05) is 24.3 Å². The Morgan fingerprint density at radius 1 is 1.03 bits per heavy atom. The molecule has 1 amide bonds. The van der Waals surface area contributed by atoms with E-state index in [1.165, 1.54) is 11.0 Å². The zero-order valence-corrected chi connectivity index (χ0v) is 23.7. The van der Waals surface area contributed by atoms with E-state index in [1.54, 1.807) is 27.3 Å². The summed E-state index contributed by atoms with van der Waals surface area (Å²) in [5, 5.41) is 9.42. The first-order valence-corrected chi connectivity index (χ1v) is 13.7. The fourth-order valence-corrected chi connectivity index (χ4v) is 4.64. The number of carbonyl (C=O) groups excluding carboxylic acids is 1. The topological polar surface area (TPSA) is 94.5 Å². The molecule has 1 aliphatic rings. The highest BCUT2D eigenvalue weighted by molar-refractivity contribution is 5.92. The summed E-state index contributed by atoms with van der Waals surface area (Å²) in [6.45, 7) is 5.09. The number of carboxylic acid groups (broad SMARTS) is 1. The number of carbonyl (C=O) groups is 2. The largest absolute Gasteiger partial charge is 0.496 e. The lowest BCUT2D eigenvalue weighted by atomic mass is 9.96. The number of aryl methyl sites for hydroxylation is 1. The Bertz CT molecular complexity index is 1170. The van der Waals surface area contributed by atoms with Gasteiger partial charge in [-0.1, -0.05) is 32.8 Å². The van der Waals surface area contributed by atoms with Crippen LogP contribution < -0.4 is 18.9 Å². The van der Waals surface area contributed by atoms with Crippen LogP contribution in [0.25, 0.3) is 6.08 Å². The summed E-state index contributed by atoms with van der Waals surface area (Å²) in [5.74, 6) is 1.85. The number of nitrogens with zero attached hydrogens (tertiary/aromatic N) is 1. The molecule has 0 fully saturated rings. The van der Waals surface area contributed by atoms with Gasteiger partial charge < -0.3 is 29.0 Å². The number of ether oxygens (including phenoxy) is 4. The summed E-state index contributed by atoms with van der Waals surface area (Å²) in [5.41, 5.74) is 3.78. The highest BCUT2D eigenvalue weighted by atomic mass is 16.5. The molecule has 39 heavy (non-hydrogen) atoms. The summed E-state index contributed by atoms with van der Waals surface area (Å²) >= 11 is 0. The first-order valence-electron chi connectivity index (χ1n) is 13.7. The van der Waals surface area contributed by atoms with E-state index in [4.69, 9.17) is 18.9 Å². The molecule has 3 rings (SSSR count). The van der Waals surface area contributed by atoms with Gasteiger partial charge in [0.2, 0.25) is 5.91 Å². The first-order chi connectivity index (χ1) is 18.8. The third kappa shape index (κ3) is 7.68. The van der Waals surface area contributed by atoms with Gasteiger partial charge >= 0.3 is 5.97 Å². The maximum atomic E-state index is 12.0. The number of hydrogen-bond donors (Lipinski definition) is 1. The van der Waals surface area contributed by atoms with Gasteiger partial charge in [-0.25, -0.2) is 4.79 Å². The third-order valence-electron chi connectivity index (χ3n) is 6.61. The second-order valence-electron chi connectivity index (χ2n) is 9.80. The number of benzene rings is 2.